The number of likely N-dealkylation sites (tertiary alicyclic amines) is 2. The van der Waals surface area contributed by atoms with Gasteiger partial charge in [0, 0.05) is 38.4 Å². The zero-order chi connectivity index (χ0) is 16.1. The second kappa shape index (κ2) is 8.02. The van der Waals surface area contributed by atoms with Crippen molar-refractivity contribution in [2.45, 2.75) is 44.7 Å². The van der Waals surface area contributed by atoms with Crippen LogP contribution in [0.2, 0.25) is 5.02 Å². The van der Waals surface area contributed by atoms with Crippen molar-refractivity contribution in [3.8, 4) is 0 Å². The molecule has 23 heavy (non-hydrogen) atoms. The molecule has 3 heterocycles. The van der Waals surface area contributed by atoms with E-state index in [2.05, 4.69) is 15.3 Å². The Morgan fingerprint density at radius 1 is 1.30 bits per heavy atom. The third-order valence-electron chi connectivity index (χ3n) is 4.80. The molecule has 1 N–H and O–H groups in total. The Kier molecular flexibility index (Phi) is 5.78. The SMILES string of the molecule is O=C(NCCCn1cc(Cl)cn1)N1CC[C@@H](N2CCCCC2)C1. The van der Waals surface area contributed by atoms with Crippen LogP contribution in [0.5, 0.6) is 0 Å². The first-order valence-electron chi connectivity index (χ1n) is 8.67. The third kappa shape index (κ3) is 4.61. The van der Waals surface area contributed by atoms with Crippen LogP contribution in [0.1, 0.15) is 32.1 Å². The number of aromatic nitrogens is 2. The molecular weight excluding hydrogens is 314 g/mol. The van der Waals surface area contributed by atoms with E-state index in [0.29, 0.717) is 17.6 Å². The van der Waals surface area contributed by atoms with E-state index in [-0.39, 0.29) is 6.03 Å². The highest BCUT2D eigenvalue weighted by Gasteiger charge is 2.30. The predicted molar refractivity (Wildman–Crippen MR) is 90.7 cm³/mol. The van der Waals surface area contributed by atoms with E-state index in [1.165, 1.54) is 32.4 Å². The van der Waals surface area contributed by atoms with E-state index in [1.54, 1.807) is 17.1 Å². The van der Waals surface area contributed by atoms with Gasteiger partial charge < -0.3 is 10.2 Å². The number of nitrogens with one attached hydrogen (secondary N) is 1. The summed E-state index contributed by atoms with van der Waals surface area (Å²) in [6.45, 7) is 5.59. The lowest BCUT2D eigenvalue weighted by molar-refractivity contribution is 0.161. The van der Waals surface area contributed by atoms with Crippen molar-refractivity contribution >= 4 is 17.6 Å². The standard InChI is InChI=1S/C16H26ClN5O/c17-14-11-19-22(12-14)9-4-6-18-16(23)21-10-5-15(13-21)20-7-2-1-3-8-20/h11-12,15H,1-10,13H2,(H,18,23)/t15-/m1/s1. The molecular formula is C16H26ClN5O. The maximum atomic E-state index is 12.2. The van der Waals surface area contributed by atoms with Gasteiger partial charge in [0.15, 0.2) is 0 Å². The van der Waals surface area contributed by atoms with Gasteiger partial charge in [0.1, 0.15) is 0 Å². The number of rotatable bonds is 5. The van der Waals surface area contributed by atoms with Gasteiger partial charge >= 0.3 is 6.03 Å². The Morgan fingerprint density at radius 3 is 2.87 bits per heavy atom. The zero-order valence-electron chi connectivity index (χ0n) is 13.6. The number of nitrogens with zero attached hydrogens (tertiary/aromatic N) is 4. The summed E-state index contributed by atoms with van der Waals surface area (Å²) in [4.78, 5) is 16.8. The molecule has 1 atom stereocenters. The van der Waals surface area contributed by atoms with Crippen molar-refractivity contribution in [3.63, 3.8) is 0 Å². The summed E-state index contributed by atoms with van der Waals surface area (Å²) < 4.78 is 1.80. The normalized spacial score (nSPS) is 22.5. The molecule has 7 heteroatoms. The lowest BCUT2D eigenvalue weighted by Crippen LogP contribution is -2.44. The summed E-state index contributed by atoms with van der Waals surface area (Å²) in [5, 5.41) is 7.80. The number of hydrogen-bond acceptors (Lipinski definition) is 3. The molecule has 0 spiro atoms. The van der Waals surface area contributed by atoms with Gasteiger partial charge in [-0.2, -0.15) is 5.10 Å². The van der Waals surface area contributed by atoms with Crippen LogP contribution in [0.4, 0.5) is 4.79 Å². The summed E-state index contributed by atoms with van der Waals surface area (Å²) in [7, 11) is 0. The minimum atomic E-state index is 0.0722. The minimum absolute atomic E-state index is 0.0722. The monoisotopic (exact) mass is 339 g/mol. The molecule has 0 bridgehead atoms. The van der Waals surface area contributed by atoms with Crippen LogP contribution in [0.25, 0.3) is 0 Å². The maximum Gasteiger partial charge on any atom is 0.317 e. The van der Waals surface area contributed by atoms with Crippen molar-refractivity contribution in [2.24, 2.45) is 0 Å². The molecule has 1 aromatic heterocycles. The first-order chi connectivity index (χ1) is 11.2. The number of carbonyl (C=O) groups is 1. The number of carbonyl (C=O) groups excluding carboxylic acids is 1. The fourth-order valence-corrected chi connectivity index (χ4v) is 3.67. The summed E-state index contributed by atoms with van der Waals surface area (Å²) in [5.41, 5.74) is 0. The van der Waals surface area contributed by atoms with Gasteiger partial charge in [0.25, 0.3) is 0 Å². The molecule has 2 aliphatic rings. The van der Waals surface area contributed by atoms with Crippen molar-refractivity contribution in [2.75, 3.05) is 32.7 Å². The number of hydrogen-bond donors (Lipinski definition) is 1. The number of piperidine rings is 1. The topological polar surface area (TPSA) is 53.4 Å². The highest BCUT2D eigenvalue weighted by molar-refractivity contribution is 6.30. The molecule has 0 aliphatic carbocycles. The van der Waals surface area contributed by atoms with Gasteiger partial charge in [-0.1, -0.05) is 18.0 Å². The van der Waals surface area contributed by atoms with Gasteiger partial charge in [0.05, 0.1) is 11.2 Å². The molecule has 0 radical (unpaired) electrons. The summed E-state index contributed by atoms with van der Waals surface area (Å²) in [5.74, 6) is 0. The van der Waals surface area contributed by atoms with Crippen LogP contribution in [-0.4, -0.2) is 64.4 Å². The molecule has 128 valence electrons. The first kappa shape index (κ1) is 16.6. The fourth-order valence-electron chi connectivity index (χ4n) is 3.52. The average Bonchev–Trinajstić information content (AvgIpc) is 3.21. The largest absolute Gasteiger partial charge is 0.338 e. The van der Waals surface area contributed by atoms with Gasteiger partial charge in [-0.05, 0) is 38.8 Å². The predicted octanol–water partition coefficient (Wildman–Crippen LogP) is 2.20. The Hall–Kier alpha value is -1.27. The molecule has 0 aromatic carbocycles. The van der Waals surface area contributed by atoms with Crippen molar-refractivity contribution in [3.05, 3.63) is 17.4 Å². The molecule has 2 amide bonds. The summed E-state index contributed by atoms with van der Waals surface area (Å²) in [6, 6.07) is 0.635. The molecule has 1 aromatic rings. The number of urea groups is 1. The van der Waals surface area contributed by atoms with Crippen LogP contribution in [0, 0.1) is 0 Å². The second-order valence-electron chi connectivity index (χ2n) is 6.49. The van der Waals surface area contributed by atoms with Crippen LogP contribution in [-0.2, 0) is 6.54 Å². The third-order valence-corrected chi connectivity index (χ3v) is 4.99. The zero-order valence-corrected chi connectivity index (χ0v) is 14.3. The van der Waals surface area contributed by atoms with E-state index in [9.17, 15) is 4.79 Å². The van der Waals surface area contributed by atoms with E-state index >= 15 is 0 Å². The fraction of sp³-hybridized carbons (Fsp3) is 0.750. The van der Waals surface area contributed by atoms with Crippen molar-refractivity contribution in [1.82, 2.24) is 24.9 Å². The highest BCUT2D eigenvalue weighted by atomic mass is 35.5. The lowest BCUT2D eigenvalue weighted by Gasteiger charge is -2.32. The molecule has 0 saturated carbocycles. The van der Waals surface area contributed by atoms with Crippen LogP contribution >= 0.6 is 11.6 Å². The van der Waals surface area contributed by atoms with E-state index in [0.717, 1.165) is 32.5 Å². The Morgan fingerprint density at radius 2 is 2.13 bits per heavy atom. The van der Waals surface area contributed by atoms with Crippen molar-refractivity contribution in [1.29, 1.82) is 0 Å². The maximum absolute atomic E-state index is 12.2. The smallest absolute Gasteiger partial charge is 0.317 e. The van der Waals surface area contributed by atoms with Crippen LogP contribution < -0.4 is 5.32 Å². The quantitative estimate of drug-likeness (QED) is 0.837. The van der Waals surface area contributed by atoms with Gasteiger partial charge in [-0.15, -0.1) is 0 Å². The molecule has 0 unspecified atom stereocenters. The van der Waals surface area contributed by atoms with Crippen molar-refractivity contribution < 1.29 is 4.79 Å². The molecule has 2 fully saturated rings. The molecule has 6 nitrogen and oxygen atoms in total. The lowest BCUT2D eigenvalue weighted by atomic mass is 10.1. The van der Waals surface area contributed by atoms with Crippen LogP contribution in [0.3, 0.4) is 0 Å². The highest BCUT2D eigenvalue weighted by Crippen LogP contribution is 2.20. The summed E-state index contributed by atoms with van der Waals surface area (Å²) >= 11 is 5.82. The average molecular weight is 340 g/mol. The summed E-state index contributed by atoms with van der Waals surface area (Å²) in [6.07, 6.45) is 9.36. The number of aryl methyl sites for hydroxylation is 1. The van der Waals surface area contributed by atoms with E-state index < -0.39 is 0 Å². The van der Waals surface area contributed by atoms with Gasteiger partial charge in [-0.3, -0.25) is 9.58 Å². The Balaban J connectivity index is 1.34. The molecule has 2 aliphatic heterocycles. The Bertz CT molecular complexity index is 514. The molecule has 3 rings (SSSR count). The van der Waals surface area contributed by atoms with Gasteiger partial charge in [-0.25, -0.2) is 4.79 Å². The Labute approximate surface area is 142 Å². The second-order valence-corrected chi connectivity index (χ2v) is 6.93. The van der Waals surface area contributed by atoms with E-state index in [1.807, 2.05) is 4.90 Å². The van der Waals surface area contributed by atoms with Crippen LogP contribution in [0.15, 0.2) is 12.4 Å². The molecule has 2 saturated heterocycles. The first-order valence-corrected chi connectivity index (χ1v) is 9.05. The van der Waals surface area contributed by atoms with Gasteiger partial charge in [0.2, 0.25) is 0 Å². The number of halogens is 1. The van der Waals surface area contributed by atoms with E-state index in [4.69, 9.17) is 11.6 Å². The minimum Gasteiger partial charge on any atom is -0.338 e. The number of amides is 2.